The molecule has 13 heteroatoms. The van der Waals surface area contributed by atoms with E-state index in [9.17, 15) is 39.6 Å². The monoisotopic (exact) mass is 536 g/mol. The van der Waals surface area contributed by atoms with E-state index < -0.39 is 62.0 Å². The van der Waals surface area contributed by atoms with Gasteiger partial charge in [-0.25, -0.2) is 8.42 Å². The first kappa shape index (κ1) is 25.5. The standard InChI is InChI=1S/C22H18F6N2O3S2/c23-21(24,25)14-8-15(22(26,27)28)10-16(9-14)30-17-11-35(32,33)12-18(17)34-20(30)29-19(31)7-6-13-4-2-1-3-5-13/h1-5,8-10,17-18H,6-7,11-12H2/t17-,18-/m1/s1. The van der Waals surface area contributed by atoms with Gasteiger partial charge in [-0.3, -0.25) is 4.79 Å². The quantitative estimate of drug-likeness (QED) is 0.517. The number of amides is 1. The second-order valence-electron chi connectivity index (χ2n) is 8.21. The zero-order chi connectivity index (χ0) is 25.6. The molecule has 2 aromatic rings. The van der Waals surface area contributed by atoms with Crippen LogP contribution in [0.15, 0.2) is 53.5 Å². The van der Waals surface area contributed by atoms with Gasteiger partial charge in [-0.2, -0.15) is 31.3 Å². The lowest BCUT2D eigenvalue weighted by atomic mass is 10.1. The molecule has 0 unspecified atom stereocenters. The van der Waals surface area contributed by atoms with Gasteiger partial charge >= 0.3 is 12.4 Å². The van der Waals surface area contributed by atoms with E-state index in [4.69, 9.17) is 0 Å². The number of aryl methyl sites for hydroxylation is 1. The summed E-state index contributed by atoms with van der Waals surface area (Å²) < 4.78 is 105. The van der Waals surface area contributed by atoms with Gasteiger partial charge < -0.3 is 4.90 Å². The highest BCUT2D eigenvalue weighted by molar-refractivity contribution is 8.16. The highest BCUT2D eigenvalue weighted by Gasteiger charge is 2.50. The van der Waals surface area contributed by atoms with Crippen LogP contribution in [-0.2, 0) is 33.4 Å². The molecule has 35 heavy (non-hydrogen) atoms. The van der Waals surface area contributed by atoms with Crippen LogP contribution in [0, 0.1) is 0 Å². The van der Waals surface area contributed by atoms with Gasteiger partial charge in [0.05, 0.1) is 28.7 Å². The van der Waals surface area contributed by atoms with E-state index in [0.717, 1.165) is 22.2 Å². The van der Waals surface area contributed by atoms with Crippen molar-refractivity contribution in [1.82, 2.24) is 0 Å². The summed E-state index contributed by atoms with van der Waals surface area (Å²) in [5, 5.41) is -0.787. The fourth-order valence-corrected chi connectivity index (χ4v) is 7.93. The number of benzene rings is 2. The first-order valence-electron chi connectivity index (χ1n) is 10.3. The maximum Gasteiger partial charge on any atom is 0.416 e. The normalized spacial score (nSPS) is 23.0. The van der Waals surface area contributed by atoms with Gasteiger partial charge in [0.1, 0.15) is 0 Å². The third kappa shape index (κ3) is 5.83. The minimum Gasteiger partial charge on any atom is -0.316 e. The molecular formula is C22H18F6N2O3S2. The number of alkyl halides is 6. The van der Waals surface area contributed by atoms with Crippen molar-refractivity contribution in [2.24, 2.45) is 4.99 Å². The zero-order valence-electron chi connectivity index (χ0n) is 17.8. The molecule has 2 fully saturated rings. The van der Waals surface area contributed by atoms with E-state index in [1.54, 1.807) is 30.3 Å². The molecule has 1 amide bonds. The third-order valence-corrected chi connectivity index (χ3v) is 8.82. The van der Waals surface area contributed by atoms with Crippen LogP contribution in [0.4, 0.5) is 32.0 Å². The number of amidine groups is 1. The fourth-order valence-electron chi connectivity index (χ4n) is 4.00. The summed E-state index contributed by atoms with van der Waals surface area (Å²) in [7, 11) is -3.57. The molecule has 2 atom stereocenters. The fraction of sp³-hybridized carbons (Fsp3) is 0.364. The number of anilines is 1. The molecular weight excluding hydrogens is 518 g/mol. The number of rotatable bonds is 4. The van der Waals surface area contributed by atoms with Gasteiger partial charge in [0.2, 0.25) is 5.91 Å². The van der Waals surface area contributed by atoms with E-state index in [2.05, 4.69) is 4.99 Å². The summed E-state index contributed by atoms with van der Waals surface area (Å²) in [6.07, 6.45) is -9.85. The number of nitrogens with zero attached hydrogens (tertiary/aromatic N) is 2. The van der Waals surface area contributed by atoms with Crippen molar-refractivity contribution in [3.8, 4) is 0 Å². The average Bonchev–Trinajstić information content (AvgIpc) is 3.22. The van der Waals surface area contributed by atoms with Crippen LogP contribution in [-0.4, -0.2) is 42.3 Å². The number of halogens is 6. The zero-order valence-corrected chi connectivity index (χ0v) is 19.4. The molecule has 0 spiro atoms. The molecule has 4 rings (SSSR count). The van der Waals surface area contributed by atoms with Crippen LogP contribution >= 0.6 is 11.8 Å². The maximum absolute atomic E-state index is 13.4. The Morgan fingerprint density at radius 1 is 0.971 bits per heavy atom. The number of thioether (sulfide) groups is 1. The number of carbonyl (C=O) groups is 1. The van der Waals surface area contributed by atoms with E-state index in [-0.39, 0.29) is 23.4 Å². The van der Waals surface area contributed by atoms with Gasteiger partial charge in [-0.05, 0) is 30.2 Å². The Balaban J connectivity index is 1.72. The van der Waals surface area contributed by atoms with Crippen LogP contribution in [0.1, 0.15) is 23.1 Å². The van der Waals surface area contributed by atoms with Gasteiger partial charge in [-0.1, -0.05) is 42.1 Å². The predicted molar refractivity (Wildman–Crippen MR) is 120 cm³/mol. The van der Waals surface area contributed by atoms with Crippen LogP contribution in [0.25, 0.3) is 0 Å². The summed E-state index contributed by atoms with van der Waals surface area (Å²) >= 11 is 0.877. The first-order valence-corrected chi connectivity index (χ1v) is 13.0. The van der Waals surface area contributed by atoms with Crippen LogP contribution in [0.2, 0.25) is 0 Å². The van der Waals surface area contributed by atoms with E-state index in [0.29, 0.717) is 18.6 Å². The Hall–Kier alpha value is -2.54. The Bertz CT molecular complexity index is 1230. The molecule has 2 aromatic carbocycles. The highest BCUT2D eigenvalue weighted by atomic mass is 32.2. The second kappa shape index (κ2) is 9.16. The summed E-state index contributed by atoms with van der Waals surface area (Å²) in [5.74, 6) is -1.41. The summed E-state index contributed by atoms with van der Waals surface area (Å²) in [5.41, 5.74) is -2.73. The lowest BCUT2D eigenvalue weighted by Crippen LogP contribution is -2.38. The Morgan fingerprint density at radius 2 is 1.57 bits per heavy atom. The second-order valence-corrected chi connectivity index (χ2v) is 11.6. The number of hydrogen-bond acceptors (Lipinski definition) is 4. The Morgan fingerprint density at radius 3 is 2.14 bits per heavy atom. The number of sulfone groups is 1. The smallest absolute Gasteiger partial charge is 0.316 e. The van der Waals surface area contributed by atoms with Crippen molar-refractivity contribution in [3.05, 3.63) is 65.2 Å². The molecule has 0 saturated carbocycles. The SMILES string of the molecule is O=C(CCc1ccccc1)N=C1S[C@@H]2CS(=O)(=O)C[C@H]2N1c1cc(C(F)(F)F)cc(C(F)(F)F)c1. The van der Waals surface area contributed by atoms with Crippen molar-refractivity contribution in [2.45, 2.75) is 36.5 Å². The van der Waals surface area contributed by atoms with Gasteiger partial charge in [0, 0.05) is 17.4 Å². The van der Waals surface area contributed by atoms with Gasteiger partial charge in [0.25, 0.3) is 0 Å². The number of carbonyl (C=O) groups excluding carboxylic acids is 1. The van der Waals surface area contributed by atoms with Crippen LogP contribution in [0.5, 0.6) is 0 Å². The topological polar surface area (TPSA) is 66.8 Å². The van der Waals surface area contributed by atoms with Crippen molar-refractivity contribution in [1.29, 1.82) is 0 Å². The Kier molecular flexibility index (Phi) is 6.68. The molecule has 2 aliphatic rings. The molecule has 0 bridgehead atoms. The first-order chi connectivity index (χ1) is 16.2. The maximum atomic E-state index is 13.4. The van der Waals surface area contributed by atoms with Crippen molar-refractivity contribution in [2.75, 3.05) is 16.4 Å². The average molecular weight is 537 g/mol. The number of hydrogen-bond donors (Lipinski definition) is 0. The van der Waals surface area contributed by atoms with E-state index in [1.165, 1.54) is 0 Å². The van der Waals surface area contributed by atoms with Crippen molar-refractivity contribution < 1.29 is 39.6 Å². The number of aliphatic imine (C=N–C) groups is 1. The molecule has 2 aliphatic heterocycles. The van der Waals surface area contributed by atoms with Crippen LogP contribution < -0.4 is 4.90 Å². The number of fused-ring (bicyclic) bond motifs is 1. The molecule has 188 valence electrons. The molecule has 0 aliphatic carbocycles. The lowest BCUT2D eigenvalue weighted by molar-refractivity contribution is -0.143. The molecule has 5 nitrogen and oxygen atoms in total. The molecule has 0 radical (unpaired) electrons. The summed E-state index contributed by atoms with van der Waals surface area (Å²) in [6.45, 7) is 0. The van der Waals surface area contributed by atoms with Gasteiger partial charge in [0.15, 0.2) is 15.0 Å². The van der Waals surface area contributed by atoms with Crippen LogP contribution in [0.3, 0.4) is 0 Å². The van der Waals surface area contributed by atoms with E-state index >= 15 is 0 Å². The van der Waals surface area contributed by atoms with Crippen molar-refractivity contribution in [3.63, 3.8) is 0 Å². The highest BCUT2D eigenvalue weighted by Crippen LogP contribution is 2.44. The Labute approximate surface area is 201 Å². The molecule has 0 N–H and O–H groups in total. The molecule has 2 saturated heterocycles. The summed E-state index contributed by atoms with van der Waals surface area (Å²) in [6, 6.07) is 9.06. The summed E-state index contributed by atoms with van der Waals surface area (Å²) in [4.78, 5) is 17.5. The van der Waals surface area contributed by atoms with E-state index in [1.807, 2.05) is 0 Å². The minimum absolute atomic E-state index is 0.00256. The largest absolute Gasteiger partial charge is 0.416 e. The minimum atomic E-state index is -5.08. The third-order valence-electron chi connectivity index (χ3n) is 5.61. The van der Waals surface area contributed by atoms with Crippen molar-refractivity contribution >= 4 is 38.4 Å². The molecule has 2 heterocycles. The lowest BCUT2D eigenvalue weighted by Gasteiger charge is -2.26. The molecule has 0 aromatic heterocycles. The van der Waals surface area contributed by atoms with Gasteiger partial charge in [-0.15, -0.1) is 0 Å². The predicted octanol–water partition coefficient (Wildman–Crippen LogP) is 4.96.